The Hall–Kier alpha value is -0.890. The molecule has 0 aliphatic heterocycles. The topological polar surface area (TPSA) is 80.6 Å². The minimum atomic E-state index is -3.65. The van der Waals surface area contributed by atoms with E-state index in [0.717, 1.165) is 0 Å². The van der Waals surface area contributed by atoms with E-state index >= 15 is 0 Å². The van der Waals surface area contributed by atoms with Gasteiger partial charge in [0.1, 0.15) is 5.76 Å². The van der Waals surface area contributed by atoms with Gasteiger partial charge in [0.2, 0.25) is 5.09 Å². The molecule has 1 atom stereocenters. The third kappa shape index (κ3) is 4.81. The number of nitrogens with one attached hydrogen (secondary N) is 2. The van der Waals surface area contributed by atoms with Crippen LogP contribution in [0.1, 0.15) is 32.4 Å². The molecule has 1 saturated carbocycles. The molecule has 0 saturated heterocycles. The van der Waals surface area contributed by atoms with Crippen LogP contribution in [0.25, 0.3) is 0 Å². The van der Waals surface area contributed by atoms with Gasteiger partial charge in [0, 0.05) is 19.2 Å². The van der Waals surface area contributed by atoms with Crippen molar-refractivity contribution in [1.29, 1.82) is 0 Å². The Bertz CT molecular complexity index is 549. The Labute approximate surface area is 126 Å². The van der Waals surface area contributed by atoms with Gasteiger partial charge in [0.25, 0.3) is 10.0 Å². The fourth-order valence-corrected chi connectivity index (χ4v) is 3.25. The predicted molar refractivity (Wildman–Crippen MR) is 79.4 cm³/mol. The van der Waals surface area contributed by atoms with Gasteiger partial charge < -0.3 is 14.5 Å². The van der Waals surface area contributed by atoms with E-state index < -0.39 is 10.0 Å². The van der Waals surface area contributed by atoms with Gasteiger partial charge >= 0.3 is 0 Å². The lowest BCUT2D eigenvalue weighted by Gasteiger charge is -2.20. The molecular formula is C14H24N2O4S. The van der Waals surface area contributed by atoms with Gasteiger partial charge in [0.15, 0.2) is 0 Å². The van der Waals surface area contributed by atoms with E-state index in [-0.39, 0.29) is 17.1 Å². The number of sulfonamides is 1. The summed E-state index contributed by atoms with van der Waals surface area (Å²) in [6.45, 7) is 4.78. The summed E-state index contributed by atoms with van der Waals surface area (Å²) in [4.78, 5) is 0. The quantitative estimate of drug-likeness (QED) is 0.721. The van der Waals surface area contributed by atoms with E-state index in [2.05, 4.69) is 10.0 Å². The van der Waals surface area contributed by atoms with E-state index in [4.69, 9.17) is 9.15 Å². The summed E-state index contributed by atoms with van der Waals surface area (Å²) in [6, 6.07) is 3.47. The molecule has 21 heavy (non-hydrogen) atoms. The minimum Gasteiger partial charge on any atom is -0.447 e. The van der Waals surface area contributed by atoms with Gasteiger partial charge in [-0.15, -0.1) is 0 Å². The van der Waals surface area contributed by atoms with Crippen LogP contribution in [0.4, 0.5) is 0 Å². The second kappa shape index (κ2) is 6.91. The van der Waals surface area contributed by atoms with Gasteiger partial charge in [0.05, 0.1) is 13.2 Å². The molecule has 0 bridgehead atoms. The van der Waals surface area contributed by atoms with E-state index in [0.29, 0.717) is 25.0 Å². The lowest BCUT2D eigenvalue weighted by molar-refractivity contribution is 0.157. The van der Waals surface area contributed by atoms with E-state index in [9.17, 15) is 8.42 Å². The Balaban J connectivity index is 2.00. The first-order chi connectivity index (χ1) is 9.92. The highest BCUT2D eigenvalue weighted by atomic mass is 32.2. The van der Waals surface area contributed by atoms with E-state index in [1.54, 1.807) is 13.2 Å². The minimum absolute atomic E-state index is 0.0446. The molecule has 1 aliphatic carbocycles. The van der Waals surface area contributed by atoms with Gasteiger partial charge in [-0.2, -0.15) is 0 Å². The van der Waals surface area contributed by atoms with Crippen LogP contribution in [0.5, 0.6) is 0 Å². The first-order valence-electron chi connectivity index (χ1n) is 7.25. The summed E-state index contributed by atoms with van der Waals surface area (Å²) in [5.41, 5.74) is 0. The van der Waals surface area contributed by atoms with Crippen LogP contribution in [0, 0.1) is 5.92 Å². The predicted octanol–water partition coefficient (Wildman–Crippen LogP) is 1.48. The fraction of sp³-hybridized carbons (Fsp3) is 0.714. The lowest BCUT2D eigenvalue weighted by atomic mass is 10.1. The molecule has 2 N–H and O–H groups in total. The summed E-state index contributed by atoms with van der Waals surface area (Å²) in [5.74, 6) is 0.765. The number of ether oxygens (including phenoxy) is 1. The molecule has 1 aromatic rings. The number of hydrogen-bond acceptors (Lipinski definition) is 5. The maximum Gasteiger partial charge on any atom is 0.274 e. The van der Waals surface area contributed by atoms with Crippen molar-refractivity contribution in [3.05, 3.63) is 17.9 Å². The molecule has 6 nitrogen and oxygen atoms in total. The third-order valence-corrected chi connectivity index (χ3v) is 4.86. The maximum absolute atomic E-state index is 12.3. The molecular weight excluding hydrogens is 292 g/mol. The van der Waals surface area contributed by atoms with Crippen molar-refractivity contribution in [2.75, 3.05) is 13.7 Å². The molecule has 7 heteroatoms. The van der Waals surface area contributed by atoms with Gasteiger partial charge in [-0.25, -0.2) is 13.1 Å². The van der Waals surface area contributed by atoms with Crippen LogP contribution in [-0.4, -0.2) is 34.2 Å². The molecule has 1 unspecified atom stereocenters. The van der Waals surface area contributed by atoms with Gasteiger partial charge in [-0.05, 0) is 30.9 Å². The molecule has 0 spiro atoms. The van der Waals surface area contributed by atoms with Crippen molar-refractivity contribution in [2.45, 2.75) is 50.4 Å². The van der Waals surface area contributed by atoms with Crippen molar-refractivity contribution in [3.63, 3.8) is 0 Å². The highest BCUT2D eigenvalue weighted by molar-refractivity contribution is 7.89. The Morgan fingerprint density at radius 1 is 1.38 bits per heavy atom. The average Bonchev–Trinajstić information content (AvgIpc) is 3.11. The lowest BCUT2D eigenvalue weighted by Crippen LogP contribution is -2.41. The average molecular weight is 316 g/mol. The van der Waals surface area contributed by atoms with Crippen molar-refractivity contribution in [2.24, 2.45) is 5.92 Å². The Morgan fingerprint density at radius 2 is 2.10 bits per heavy atom. The zero-order valence-electron chi connectivity index (χ0n) is 12.8. The number of rotatable bonds is 9. The third-order valence-electron chi connectivity index (χ3n) is 3.50. The second-order valence-corrected chi connectivity index (χ2v) is 7.45. The summed E-state index contributed by atoms with van der Waals surface area (Å²) < 4.78 is 37.7. The van der Waals surface area contributed by atoms with Crippen molar-refractivity contribution in [1.82, 2.24) is 10.0 Å². The smallest absolute Gasteiger partial charge is 0.274 e. The molecule has 1 fully saturated rings. The van der Waals surface area contributed by atoms with Crippen LogP contribution in [-0.2, 0) is 21.3 Å². The van der Waals surface area contributed by atoms with E-state index in [1.165, 1.54) is 18.9 Å². The van der Waals surface area contributed by atoms with Crippen LogP contribution < -0.4 is 10.0 Å². The summed E-state index contributed by atoms with van der Waals surface area (Å²) in [5, 5.41) is 3.24. The normalized spacial score (nSPS) is 17.3. The molecule has 2 rings (SSSR count). The zero-order chi connectivity index (χ0) is 15.5. The van der Waals surface area contributed by atoms with Crippen molar-refractivity contribution >= 4 is 10.0 Å². The summed E-state index contributed by atoms with van der Waals surface area (Å²) in [7, 11) is -2.10. The molecule has 0 amide bonds. The molecule has 1 aromatic heterocycles. The fourth-order valence-electron chi connectivity index (χ4n) is 1.93. The summed E-state index contributed by atoms with van der Waals surface area (Å²) in [6.07, 6.45) is 2.36. The molecule has 0 aromatic carbocycles. The second-order valence-electron chi connectivity index (χ2n) is 5.80. The number of methoxy groups -OCH3 is 1. The highest BCUT2D eigenvalue weighted by Gasteiger charge is 2.26. The largest absolute Gasteiger partial charge is 0.447 e. The SMILES string of the molecule is COCC(NS(=O)(=O)c1ccc(CNC2CC2)o1)C(C)C. The molecule has 1 aliphatic rings. The first-order valence-corrected chi connectivity index (χ1v) is 8.74. The monoisotopic (exact) mass is 316 g/mol. The van der Waals surface area contributed by atoms with Crippen molar-refractivity contribution < 1.29 is 17.6 Å². The van der Waals surface area contributed by atoms with Crippen LogP contribution in [0.2, 0.25) is 0 Å². The van der Waals surface area contributed by atoms with E-state index in [1.807, 2.05) is 13.8 Å². The zero-order valence-corrected chi connectivity index (χ0v) is 13.6. The molecule has 120 valence electrons. The number of furan rings is 1. The summed E-state index contributed by atoms with van der Waals surface area (Å²) >= 11 is 0. The molecule has 1 heterocycles. The van der Waals surface area contributed by atoms with Crippen molar-refractivity contribution in [3.8, 4) is 0 Å². The van der Waals surface area contributed by atoms with Crippen LogP contribution in [0.3, 0.4) is 0 Å². The number of hydrogen-bond donors (Lipinski definition) is 2. The maximum atomic E-state index is 12.3. The van der Waals surface area contributed by atoms with Crippen LogP contribution in [0.15, 0.2) is 21.6 Å². The van der Waals surface area contributed by atoms with Gasteiger partial charge in [-0.3, -0.25) is 0 Å². The Morgan fingerprint density at radius 3 is 2.67 bits per heavy atom. The van der Waals surface area contributed by atoms with Crippen LogP contribution >= 0.6 is 0 Å². The standard InChI is InChI=1S/C14H24N2O4S/c1-10(2)13(9-19-3)16-21(17,18)14-7-6-12(20-14)8-15-11-4-5-11/h6-7,10-11,13,15-16H,4-5,8-9H2,1-3H3. The van der Waals surface area contributed by atoms with Gasteiger partial charge in [-0.1, -0.05) is 13.8 Å². The highest BCUT2D eigenvalue weighted by Crippen LogP contribution is 2.20. The molecule has 0 radical (unpaired) electrons. The Kier molecular flexibility index (Phi) is 5.43. The first kappa shape index (κ1) is 16.5.